The second-order valence-electron chi connectivity index (χ2n) is 11.3. The summed E-state index contributed by atoms with van der Waals surface area (Å²) in [6, 6.07) is 14.7. The lowest BCUT2D eigenvalue weighted by Gasteiger charge is -2.25. The first-order chi connectivity index (χ1) is 17.6. The molecule has 12 N–H and O–H groups in total. The standard InChI is InChI=1S/2C11H14O2.C3H19N5O2Si3/c2*1-11(2,3)9-7-5-4-6-8(9)10(12)13;4-3(5,6)1-2-13(7,8)10-12-9-11/h2*4-7H,1-3H3,(H,12,13);1-2,4-8,12H2,11H3. The molecule has 39 heavy (non-hydrogen) atoms. The van der Waals surface area contributed by atoms with Crippen LogP contribution in [0.5, 0.6) is 0 Å². The molecule has 0 saturated carbocycles. The van der Waals surface area contributed by atoms with Crippen molar-refractivity contribution in [2.75, 3.05) is 0 Å². The molecule has 0 amide bonds. The summed E-state index contributed by atoms with van der Waals surface area (Å²) in [7, 11) is -2.96. The zero-order chi connectivity index (χ0) is 30.7. The molecular formula is C25H47N5O6Si3. The molecule has 0 unspecified atom stereocenters. The van der Waals surface area contributed by atoms with Crippen molar-refractivity contribution in [3.8, 4) is 0 Å². The molecule has 0 saturated heterocycles. The van der Waals surface area contributed by atoms with Crippen molar-refractivity contribution in [2.45, 2.75) is 70.6 Å². The number of hydrogen-bond donors (Lipinski definition) is 7. The number of hydrogen-bond acceptors (Lipinski definition) is 9. The van der Waals surface area contributed by atoms with Crippen molar-refractivity contribution in [3.05, 3.63) is 70.8 Å². The fourth-order valence-corrected chi connectivity index (χ4v) is 7.11. The predicted molar refractivity (Wildman–Crippen MR) is 164 cm³/mol. The van der Waals surface area contributed by atoms with Crippen LogP contribution in [0.4, 0.5) is 0 Å². The molecule has 14 heteroatoms. The summed E-state index contributed by atoms with van der Waals surface area (Å²) in [6.45, 7) is 12.1. The molecule has 0 radical (unpaired) electrons. The van der Waals surface area contributed by atoms with Crippen LogP contribution in [0.3, 0.4) is 0 Å². The largest absolute Gasteiger partial charge is 0.478 e. The maximum absolute atomic E-state index is 10.9. The van der Waals surface area contributed by atoms with E-state index >= 15 is 0 Å². The smallest absolute Gasteiger partial charge is 0.337 e. The van der Waals surface area contributed by atoms with Crippen molar-refractivity contribution < 1.29 is 28.0 Å². The van der Waals surface area contributed by atoms with Gasteiger partial charge in [0, 0.05) is 0 Å². The second kappa shape index (κ2) is 15.5. The molecule has 0 heterocycles. The number of benzene rings is 2. The third kappa shape index (κ3) is 15.2. The predicted octanol–water partition coefficient (Wildman–Crippen LogP) is 0.440. The Balaban J connectivity index is 0.000000555. The molecule has 0 spiro atoms. The summed E-state index contributed by atoms with van der Waals surface area (Å²) >= 11 is 0. The Kier molecular flexibility index (Phi) is 14.6. The van der Waals surface area contributed by atoms with Gasteiger partial charge in [-0.1, -0.05) is 77.9 Å². The number of carboxylic acids is 2. The summed E-state index contributed by atoms with van der Waals surface area (Å²) < 4.78 is 10.2. The summed E-state index contributed by atoms with van der Waals surface area (Å²) in [5.41, 5.74) is 18.4. The monoisotopic (exact) mass is 597 g/mol. The van der Waals surface area contributed by atoms with E-state index in [0.717, 1.165) is 11.1 Å². The number of rotatable bonds is 8. The first kappa shape index (κ1) is 36.8. The summed E-state index contributed by atoms with van der Waals surface area (Å²) in [5.74, 6) is -2.93. The summed E-state index contributed by atoms with van der Waals surface area (Å²) in [4.78, 5) is 21.7. The maximum atomic E-state index is 10.9. The lowest BCUT2D eigenvalue weighted by atomic mass is 9.84. The average Bonchev–Trinajstić information content (AvgIpc) is 2.81. The fourth-order valence-electron chi connectivity index (χ4n) is 3.30. The van der Waals surface area contributed by atoms with E-state index in [1.54, 1.807) is 24.3 Å². The number of aromatic carboxylic acids is 2. The molecule has 2 aromatic carbocycles. The lowest BCUT2D eigenvalue weighted by Crippen LogP contribution is -2.64. The number of carbonyl (C=O) groups is 2. The van der Waals surface area contributed by atoms with Crippen LogP contribution < -0.4 is 28.0 Å². The van der Waals surface area contributed by atoms with Crippen molar-refractivity contribution in [1.29, 1.82) is 0 Å². The van der Waals surface area contributed by atoms with Crippen LogP contribution in [0.15, 0.2) is 48.5 Å². The molecule has 0 bridgehead atoms. The molecule has 0 fully saturated rings. The van der Waals surface area contributed by atoms with Crippen LogP contribution in [0, 0.1) is 0 Å². The van der Waals surface area contributed by atoms with Crippen molar-refractivity contribution in [3.63, 3.8) is 0 Å². The summed E-state index contributed by atoms with van der Waals surface area (Å²) in [5, 5.41) is 29.3. The Morgan fingerprint density at radius 1 is 0.821 bits per heavy atom. The fraction of sp³-hybridized carbons (Fsp3) is 0.440. The van der Waals surface area contributed by atoms with Gasteiger partial charge in [0.05, 0.1) is 11.1 Å². The lowest BCUT2D eigenvalue weighted by molar-refractivity contribution is 0.0683. The molecule has 2 rings (SSSR count). The number of nitrogens with two attached hydrogens (primary N) is 5. The van der Waals surface area contributed by atoms with Crippen molar-refractivity contribution in [1.82, 2.24) is 0 Å². The average molecular weight is 598 g/mol. The van der Waals surface area contributed by atoms with E-state index in [4.69, 9.17) is 46.4 Å². The highest BCUT2D eigenvalue weighted by molar-refractivity contribution is 6.71. The van der Waals surface area contributed by atoms with Crippen LogP contribution in [0.2, 0.25) is 6.04 Å². The molecule has 0 aliphatic carbocycles. The van der Waals surface area contributed by atoms with Gasteiger partial charge < -0.3 is 46.4 Å². The SMILES string of the molecule is CC(C)(C)c1ccccc1C(=O)O.CC(C)(C)c1ccccc1C(=O)O.NC(N)(N)CC[Si](N)(N)O[SiH2]O[SiH3]. The molecule has 11 nitrogen and oxygen atoms in total. The molecular weight excluding hydrogens is 551 g/mol. The van der Waals surface area contributed by atoms with E-state index in [9.17, 15) is 9.59 Å². The Bertz CT molecular complexity index is 1000. The summed E-state index contributed by atoms with van der Waals surface area (Å²) in [6.07, 6.45) is 0.349. The van der Waals surface area contributed by atoms with E-state index in [0.29, 0.717) is 34.1 Å². The van der Waals surface area contributed by atoms with Crippen LogP contribution >= 0.6 is 0 Å². The molecule has 0 aromatic heterocycles. The zero-order valence-electron chi connectivity index (χ0n) is 24.2. The molecule has 0 atom stereocenters. The van der Waals surface area contributed by atoms with E-state index in [-0.39, 0.29) is 10.8 Å². The van der Waals surface area contributed by atoms with E-state index in [1.165, 1.54) is 0 Å². The van der Waals surface area contributed by atoms with E-state index < -0.39 is 36.4 Å². The van der Waals surface area contributed by atoms with E-state index in [1.807, 2.05) is 65.8 Å². The third-order valence-corrected chi connectivity index (χ3v) is 9.92. The van der Waals surface area contributed by atoms with Gasteiger partial charge in [-0.2, -0.15) is 0 Å². The van der Waals surface area contributed by atoms with Gasteiger partial charge in [0.25, 0.3) is 10.0 Å². The second-order valence-corrected chi connectivity index (χ2v) is 17.4. The maximum Gasteiger partial charge on any atom is 0.337 e. The van der Waals surface area contributed by atoms with Gasteiger partial charge in [-0.25, -0.2) is 9.59 Å². The molecule has 220 valence electrons. The van der Waals surface area contributed by atoms with Crippen LogP contribution in [0.25, 0.3) is 0 Å². The highest BCUT2D eigenvalue weighted by Crippen LogP contribution is 2.26. The topological polar surface area (TPSA) is 223 Å². The zero-order valence-corrected chi connectivity index (χ0v) is 28.6. The third-order valence-electron chi connectivity index (χ3n) is 5.33. The van der Waals surface area contributed by atoms with E-state index in [2.05, 4.69) is 0 Å². The van der Waals surface area contributed by atoms with Crippen LogP contribution in [-0.4, -0.2) is 57.1 Å². The first-order valence-electron chi connectivity index (χ1n) is 12.4. The minimum Gasteiger partial charge on any atom is -0.478 e. The minimum absolute atomic E-state index is 0.116. The van der Waals surface area contributed by atoms with Crippen molar-refractivity contribution in [2.24, 2.45) is 28.0 Å². The molecule has 0 aliphatic heterocycles. The highest BCUT2D eigenvalue weighted by Gasteiger charge is 2.28. The van der Waals surface area contributed by atoms with Gasteiger partial charge >= 0.3 is 20.6 Å². The van der Waals surface area contributed by atoms with Crippen LogP contribution in [-0.2, 0) is 19.1 Å². The Morgan fingerprint density at radius 2 is 1.18 bits per heavy atom. The van der Waals surface area contributed by atoms with Gasteiger partial charge in [-0.15, -0.1) is 0 Å². The highest BCUT2D eigenvalue weighted by atomic mass is 28.4. The van der Waals surface area contributed by atoms with Gasteiger partial charge in [0.15, 0.2) is 0 Å². The van der Waals surface area contributed by atoms with Crippen LogP contribution in [0.1, 0.15) is 79.8 Å². The minimum atomic E-state index is -2.62. The Hall–Kier alpha value is -2.25. The Morgan fingerprint density at radius 3 is 1.44 bits per heavy atom. The normalized spacial score (nSPS) is 12.4. The first-order valence-corrected chi connectivity index (χ1v) is 16.6. The number of carboxylic acid groups (broad SMARTS) is 2. The van der Waals surface area contributed by atoms with Gasteiger partial charge in [-0.3, -0.25) is 0 Å². The van der Waals surface area contributed by atoms with Gasteiger partial charge in [-0.05, 0) is 46.6 Å². The molecule has 2 aromatic rings. The van der Waals surface area contributed by atoms with Gasteiger partial charge in [0.1, 0.15) is 16.3 Å². The van der Waals surface area contributed by atoms with Gasteiger partial charge in [0.2, 0.25) is 0 Å². The molecule has 0 aliphatic rings. The quantitative estimate of drug-likeness (QED) is 0.163. The van der Waals surface area contributed by atoms with Crippen molar-refractivity contribution >= 4 is 41.1 Å². The Labute approximate surface area is 238 Å².